The van der Waals surface area contributed by atoms with Crippen LogP contribution in [0.25, 0.3) is 16.9 Å². The number of nitrogens with zero attached hydrogens (tertiary/aromatic N) is 4. The number of amides is 1. The molecule has 2 fully saturated rings. The van der Waals surface area contributed by atoms with Crippen LogP contribution in [0.4, 0.5) is 0 Å². The van der Waals surface area contributed by atoms with Crippen LogP contribution in [-0.4, -0.2) is 80.3 Å². The monoisotopic (exact) mass is 492 g/mol. The molecule has 2 unspecified atom stereocenters. The van der Waals surface area contributed by atoms with E-state index in [0.29, 0.717) is 38.5 Å². The Morgan fingerprint density at radius 3 is 2.60 bits per heavy atom. The van der Waals surface area contributed by atoms with E-state index >= 15 is 0 Å². The number of ether oxygens (including phenoxy) is 1. The molecule has 3 aromatic rings. The van der Waals surface area contributed by atoms with Crippen molar-refractivity contribution in [2.75, 3.05) is 39.4 Å². The summed E-state index contributed by atoms with van der Waals surface area (Å²) in [6.07, 6.45) is 0.580. The molecule has 182 valence electrons. The molecule has 9 heteroatoms. The summed E-state index contributed by atoms with van der Waals surface area (Å²) in [5.74, 6) is 0.136. The normalized spacial score (nSPS) is 22.1. The molecule has 35 heavy (non-hydrogen) atoms. The minimum Gasteiger partial charge on any atom is -0.392 e. The zero-order valence-corrected chi connectivity index (χ0v) is 20.2. The topological polar surface area (TPSA) is 87.9 Å². The van der Waals surface area contributed by atoms with Gasteiger partial charge in [0, 0.05) is 48.7 Å². The Morgan fingerprint density at radius 2 is 1.86 bits per heavy atom. The van der Waals surface area contributed by atoms with Crippen LogP contribution in [0.2, 0.25) is 0 Å². The smallest absolute Gasteiger partial charge is 0.274 e. The van der Waals surface area contributed by atoms with Crippen LogP contribution in [0.3, 0.4) is 0 Å². The van der Waals surface area contributed by atoms with E-state index in [0.717, 1.165) is 52.5 Å². The molecule has 6 rings (SSSR count). The lowest BCUT2D eigenvalue weighted by atomic mass is 10.0. The van der Waals surface area contributed by atoms with Gasteiger partial charge in [-0.3, -0.25) is 13.9 Å². The first-order chi connectivity index (χ1) is 17.1. The van der Waals surface area contributed by atoms with Gasteiger partial charge in [-0.25, -0.2) is 4.68 Å². The fourth-order valence-electron chi connectivity index (χ4n) is 5.16. The summed E-state index contributed by atoms with van der Waals surface area (Å²) in [7, 11) is -1.24. The van der Waals surface area contributed by atoms with Gasteiger partial charge in [-0.15, -0.1) is 0 Å². The van der Waals surface area contributed by atoms with Gasteiger partial charge in [0.2, 0.25) is 0 Å². The van der Waals surface area contributed by atoms with Crippen LogP contribution in [0.1, 0.15) is 28.0 Å². The number of rotatable bonds is 4. The van der Waals surface area contributed by atoms with Crippen LogP contribution in [0.15, 0.2) is 53.4 Å². The molecular formula is C26H28N4O4S. The summed E-state index contributed by atoms with van der Waals surface area (Å²) < 4.78 is 20.3. The maximum absolute atomic E-state index is 13.5. The highest BCUT2D eigenvalue weighted by molar-refractivity contribution is 7.84. The SMILES string of the molecule is O=C(c1nn(-c2ccc(CN3CCC(O)C3)cc2)c2c1CS(=O)c1ccccc1-2)N1CCOCC1. The Hall–Kier alpha value is -2.85. The van der Waals surface area contributed by atoms with Gasteiger partial charge in [0.15, 0.2) is 5.69 Å². The summed E-state index contributed by atoms with van der Waals surface area (Å²) in [4.78, 5) is 18.3. The number of carbonyl (C=O) groups is 1. The fraction of sp³-hybridized carbons (Fsp3) is 0.385. The number of aliphatic hydroxyl groups excluding tert-OH is 1. The summed E-state index contributed by atoms with van der Waals surface area (Å²) in [6.45, 7) is 4.47. The van der Waals surface area contributed by atoms with Crippen LogP contribution in [-0.2, 0) is 27.8 Å². The van der Waals surface area contributed by atoms with Gasteiger partial charge in [0.1, 0.15) is 0 Å². The molecule has 2 saturated heterocycles. The second-order valence-electron chi connectivity index (χ2n) is 9.32. The zero-order valence-electron chi connectivity index (χ0n) is 19.4. The minimum absolute atomic E-state index is 0.135. The fourth-order valence-corrected chi connectivity index (χ4v) is 6.50. The first-order valence-electron chi connectivity index (χ1n) is 12.0. The molecule has 2 atom stereocenters. The summed E-state index contributed by atoms with van der Waals surface area (Å²) in [5.41, 5.74) is 4.83. The number of hydrogen-bond donors (Lipinski definition) is 1. The highest BCUT2D eigenvalue weighted by Gasteiger charge is 2.34. The molecule has 1 amide bonds. The summed E-state index contributed by atoms with van der Waals surface area (Å²) in [5, 5.41) is 14.6. The van der Waals surface area contributed by atoms with Gasteiger partial charge < -0.3 is 14.7 Å². The number of β-amino-alcohol motifs (C(OH)–C–C–N with tert-alkyl or cyclic N) is 1. The highest BCUT2D eigenvalue weighted by Crippen LogP contribution is 2.39. The third kappa shape index (κ3) is 4.23. The quantitative estimate of drug-likeness (QED) is 0.601. The van der Waals surface area contributed by atoms with Crippen LogP contribution >= 0.6 is 0 Å². The van der Waals surface area contributed by atoms with Crippen LogP contribution in [0.5, 0.6) is 0 Å². The maximum Gasteiger partial charge on any atom is 0.274 e. The Kier molecular flexibility index (Phi) is 6.01. The summed E-state index contributed by atoms with van der Waals surface area (Å²) in [6, 6.07) is 15.9. The van der Waals surface area contributed by atoms with Gasteiger partial charge in [-0.2, -0.15) is 5.10 Å². The van der Waals surface area contributed by atoms with E-state index in [2.05, 4.69) is 17.0 Å². The predicted molar refractivity (Wildman–Crippen MR) is 132 cm³/mol. The van der Waals surface area contributed by atoms with Crippen molar-refractivity contribution in [1.29, 1.82) is 0 Å². The van der Waals surface area contributed by atoms with Crippen LogP contribution < -0.4 is 0 Å². The molecule has 1 aromatic heterocycles. The molecule has 0 radical (unpaired) electrons. The molecule has 1 N–H and O–H groups in total. The van der Waals surface area contributed by atoms with Gasteiger partial charge in [0.05, 0.1) is 47.3 Å². The van der Waals surface area contributed by atoms with Crippen LogP contribution in [0, 0.1) is 0 Å². The van der Waals surface area contributed by atoms with E-state index in [1.807, 2.05) is 41.1 Å². The van der Waals surface area contributed by atoms with Gasteiger partial charge in [-0.05, 0) is 30.2 Å². The van der Waals surface area contributed by atoms with Crippen molar-refractivity contribution in [2.24, 2.45) is 0 Å². The molecule has 8 nitrogen and oxygen atoms in total. The maximum atomic E-state index is 13.5. The molecule has 0 spiro atoms. The second kappa shape index (κ2) is 9.31. The first kappa shape index (κ1) is 22.6. The Bertz CT molecular complexity index is 1280. The van der Waals surface area contributed by atoms with Crippen molar-refractivity contribution in [2.45, 2.75) is 29.7 Å². The van der Waals surface area contributed by atoms with Gasteiger partial charge in [-0.1, -0.05) is 30.3 Å². The molecule has 0 saturated carbocycles. The first-order valence-corrected chi connectivity index (χ1v) is 13.4. The lowest BCUT2D eigenvalue weighted by Crippen LogP contribution is -2.41. The predicted octanol–water partition coefficient (Wildman–Crippen LogP) is 2.20. The minimum atomic E-state index is -1.24. The number of aromatic nitrogens is 2. The van der Waals surface area contributed by atoms with E-state index < -0.39 is 10.8 Å². The van der Waals surface area contributed by atoms with Gasteiger partial charge in [0.25, 0.3) is 5.91 Å². The zero-order chi connectivity index (χ0) is 23.9. The molecule has 3 aliphatic rings. The number of likely N-dealkylation sites (tertiary alicyclic amines) is 1. The standard InChI is InChI=1S/C26H28N4O4S/c31-20-9-10-28(16-20)15-18-5-7-19(8-6-18)30-25-21-3-1-2-4-23(21)35(33)17-22(25)24(27-30)26(32)29-11-13-34-14-12-29/h1-8,20,31H,9-17H2. The van der Waals surface area contributed by atoms with E-state index in [1.165, 1.54) is 0 Å². The van der Waals surface area contributed by atoms with E-state index in [-0.39, 0.29) is 17.8 Å². The Labute approximate surface area is 206 Å². The Morgan fingerprint density at radius 1 is 1.09 bits per heavy atom. The Balaban J connectivity index is 1.40. The summed E-state index contributed by atoms with van der Waals surface area (Å²) >= 11 is 0. The number of carbonyl (C=O) groups excluding carboxylic acids is 1. The molecule has 4 heterocycles. The van der Waals surface area contributed by atoms with E-state index in [9.17, 15) is 14.1 Å². The average Bonchev–Trinajstić information content (AvgIpc) is 3.48. The number of benzene rings is 2. The molecule has 2 aromatic carbocycles. The van der Waals surface area contributed by atoms with E-state index in [1.54, 1.807) is 4.90 Å². The molecule has 0 aliphatic carbocycles. The second-order valence-corrected chi connectivity index (χ2v) is 10.7. The lowest BCUT2D eigenvalue weighted by Gasteiger charge is -2.26. The van der Waals surface area contributed by atoms with Gasteiger partial charge >= 0.3 is 0 Å². The number of morpholine rings is 1. The average molecular weight is 493 g/mol. The van der Waals surface area contributed by atoms with Crippen molar-refractivity contribution < 1.29 is 18.8 Å². The van der Waals surface area contributed by atoms with Crippen molar-refractivity contribution >= 4 is 16.7 Å². The van der Waals surface area contributed by atoms with Crippen molar-refractivity contribution in [3.05, 3.63) is 65.4 Å². The number of fused-ring (bicyclic) bond motifs is 3. The molecular weight excluding hydrogens is 464 g/mol. The van der Waals surface area contributed by atoms with Crippen molar-refractivity contribution in [3.8, 4) is 16.9 Å². The third-order valence-electron chi connectivity index (χ3n) is 6.98. The molecule has 0 bridgehead atoms. The van der Waals surface area contributed by atoms with Crippen molar-refractivity contribution in [3.63, 3.8) is 0 Å². The lowest BCUT2D eigenvalue weighted by molar-refractivity contribution is 0.0298. The molecule has 3 aliphatic heterocycles. The number of aliphatic hydroxyl groups is 1. The number of hydrogen-bond acceptors (Lipinski definition) is 6. The van der Waals surface area contributed by atoms with E-state index in [4.69, 9.17) is 9.84 Å². The highest BCUT2D eigenvalue weighted by atomic mass is 32.2. The van der Waals surface area contributed by atoms with Crippen molar-refractivity contribution in [1.82, 2.24) is 19.6 Å². The third-order valence-corrected chi connectivity index (χ3v) is 8.38. The largest absolute Gasteiger partial charge is 0.392 e.